The summed E-state index contributed by atoms with van der Waals surface area (Å²) in [5.41, 5.74) is 3.27. The molecule has 94 valence electrons. The van der Waals surface area contributed by atoms with Gasteiger partial charge in [-0.3, -0.25) is 10.6 Å². The molecule has 4 N–H and O–H groups in total. The molecule has 0 aromatic heterocycles. The molecule has 7 heteroatoms. The number of carbonyl (C=O) groups excluding carboxylic acids is 1. The van der Waals surface area contributed by atoms with Gasteiger partial charge in [-0.05, 0) is 24.3 Å². The van der Waals surface area contributed by atoms with E-state index in [1.165, 1.54) is 12.1 Å². The number of nitrogens with one attached hydrogen (secondary N) is 2. The van der Waals surface area contributed by atoms with Crippen molar-refractivity contribution in [1.82, 2.24) is 5.32 Å². The number of anilines is 1. The molecule has 0 aliphatic heterocycles. The predicted octanol–water partition coefficient (Wildman–Crippen LogP) is 1.65. The fraction of sp³-hybridized carbons (Fsp3) is 0.300. The van der Waals surface area contributed by atoms with Gasteiger partial charge >= 0.3 is 6.18 Å². The van der Waals surface area contributed by atoms with E-state index in [1.807, 2.05) is 0 Å². The van der Waals surface area contributed by atoms with E-state index in [4.69, 9.17) is 5.84 Å². The normalized spacial score (nSPS) is 11.1. The van der Waals surface area contributed by atoms with Crippen LogP contribution in [0.5, 0.6) is 0 Å². The van der Waals surface area contributed by atoms with Crippen molar-refractivity contribution in [3.8, 4) is 0 Å². The number of carbonyl (C=O) groups is 1. The van der Waals surface area contributed by atoms with Gasteiger partial charge < -0.3 is 10.7 Å². The molecule has 0 unspecified atom stereocenters. The lowest BCUT2D eigenvalue weighted by Crippen LogP contribution is -2.27. The van der Waals surface area contributed by atoms with E-state index in [2.05, 4.69) is 10.7 Å². The van der Waals surface area contributed by atoms with Crippen LogP contribution in [-0.2, 0) is 0 Å². The Morgan fingerprint density at radius 1 is 1.24 bits per heavy atom. The Labute approximate surface area is 96.0 Å². The summed E-state index contributed by atoms with van der Waals surface area (Å²) in [4.78, 5) is 11.4. The van der Waals surface area contributed by atoms with Crippen molar-refractivity contribution in [3.05, 3.63) is 29.8 Å². The summed E-state index contributed by atoms with van der Waals surface area (Å²) in [5.74, 6) is 4.58. The largest absolute Gasteiger partial charge is 0.390 e. The number of nitrogen functional groups attached to an aromatic ring is 1. The Bertz CT molecular complexity index is 375. The quantitative estimate of drug-likeness (QED) is 0.560. The fourth-order valence-electron chi connectivity index (χ4n) is 1.14. The van der Waals surface area contributed by atoms with Gasteiger partial charge in [-0.15, -0.1) is 0 Å². The highest BCUT2D eigenvalue weighted by atomic mass is 19.4. The zero-order chi connectivity index (χ0) is 12.9. The van der Waals surface area contributed by atoms with Gasteiger partial charge in [0.2, 0.25) is 0 Å². The summed E-state index contributed by atoms with van der Waals surface area (Å²) in [5, 5.41) is 2.18. The zero-order valence-corrected chi connectivity index (χ0v) is 8.84. The average molecular weight is 247 g/mol. The van der Waals surface area contributed by atoms with Crippen molar-refractivity contribution >= 4 is 11.6 Å². The molecule has 17 heavy (non-hydrogen) atoms. The number of benzene rings is 1. The molecule has 0 saturated heterocycles. The standard InChI is InChI=1S/C10H12F3N3O/c11-10(12,13)5-6-15-9(17)7-1-3-8(16-14)4-2-7/h1-4,16H,5-6,14H2,(H,15,17). The van der Waals surface area contributed by atoms with E-state index < -0.39 is 25.0 Å². The SMILES string of the molecule is NNc1ccc(C(=O)NCCC(F)(F)F)cc1. The smallest absolute Gasteiger partial charge is 0.352 e. The first kappa shape index (κ1) is 13.3. The molecule has 0 saturated carbocycles. The fourth-order valence-corrected chi connectivity index (χ4v) is 1.14. The molecule has 4 nitrogen and oxygen atoms in total. The van der Waals surface area contributed by atoms with Gasteiger partial charge in [0, 0.05) is 17.8 Å². The van der Waals surface area contributed by atoms with Crippen LogP contribution in [0.3, 0.4) is 0 Å². The molecule has 0 heterocycles. The van der Waals surface area contributed by atoms with Crippen molar-refractivity contribution < 1.29 is 18.0 Å². The molecule has 1 rings (SSSR count). The lowest BCUT2D eigenvalue weighted by molar-refractivity contribution is -0.132. The van der Waals surface area contributed by atoms with E-state index in [-0.39, 0.29) is 5.56 Å². The highest BCUT2D eigenvalue weighted by Gasteiger charge is 2.26. The number of halogens is 3. The summed E-state index contributed by atoms with van der Waals surface area (Å²) < 4.78 is 35.5. The monoisotopic (exact) mass is 247 g/mol. The number of hydrogen-bond donors (Lipinski definition) is 3. The molecule has 1 amide bonds. The first-order valence-corrected chi connectivity index (χ1v) is 4.84. The number of hydrazine groups is 1. The third-order valence-corrected chi connectivity index (χ3v) is 2.01. The molecule has 0 bridgehead atoms. The van der Waals surface area contributed by atoms with Gasteiger partial charge in [0.1, 0.15) is 0 Å². The van der Waals surface area contributed by atoms with Crippen molar-refractivity contribution in [2.75, 3.05) is 12.0 Å². The van der Waals surface area contributed by atoms with Gasteiger partial charge in [0.05, 0.1) is 6.42 Å². The molecule has 0 spiro atoms. The van der Waals surface area contributed by atoms with Gasteiger partial charge in [-0.2, -0.15) is 13.2 Å². The van der Waals surface area contributed by atoms with Gasteiger partial charge in [-0.25, -0.2) is 0 Å². The number of hydrogen-bond acceptors (Lipinski definition) is 3. The van der Waals surface area contributed by atoms with Crippen LogP contribution < -0.4 is 16.6 Å². The van der Waals surface area contributed by atoms with Crippen LogP contribution in [0.15, 0.2) is 24.3 Å². The minimum Gasteiger partial charge on any atom is -0.352 e. The summed E-state index contributed by atoms with van der Waals surface area (Å²) >= 11 is 0. The van der Waals surface area contributed by atoms with Crippen molar-refractivity contribution in [3.63, 3.8) is 0 Å². The van der Waals surface area contributed by atoms with Crippen LogP contribution in [0.1, 0.15) is 16.8 Å². The van der Waals surface area contributed by atoms with Crippen molar-refractivity contribution in [2.45, 2.75) is 12.6 Å². The highest BCUT2D eigenvalue weighted by molar-refractivity contribution is 5.94. The molecule has 0 atom stereocenters. The maximum Gasteiger partial charge on any atom is 0.390 e. The Morgan fingerprint density at radius 3 is 2.29 bits per heavy atom. The van der Waals surface area contributed by atoms with Crippen LogP contribution in [0, 0.1) is 0 Å². The van der Waals surface area contributed by atoms with Gasteiger partial charge in [-0.1, -0.05) is 0 Å². The lowest BCUT2D eigenvalue weighted by atomic mass is 10.2. The number of nitrogens with two attached hydrogens (primary N) is 1. The second-order valence-electron chi connectivity index (χ2n) is 3.34. The maximum absolute atomic E-state index is 11.8. The Morgan fingerprint density at radius 2 is 1.82 bits per heavy atom. The van der Waals surface area contributed by atoms with E-state index >= 15 is 0 Å². The molecule has 0 aliphatic rings. The predicted molar refractivity (Wildman–Crippen MR) is 57.3 cm³/mol. The molecule has 1 aromatic carbocycles. The second kappa shape index (κ2) is 5.53. The van der Waals surface area contributed by atoms with Crippen LogP contribution in [0.4, 0.5) is 18.9 Å². The van der Waals surface area contributed by atoms with Crippen LogP contribution >= 0.6 is 0 Å². The summed E-state index contributed by atoms with van der Waals surface area (Å²) in [6, 6.07) is 6.05. The second-order valence-corrected chi connectivity index (χ2v) is 3.34. The molecule has 1 aromatic rings. The van der Waals surface area contributed by atoms with E-state index in [0.29, 0.717) is 5.69 Å². The summed E-state index contributed by atoms with van der Waals surface area (Å²) in [6.07, 6.45) is -5.30. The Hall–Kier alpha value is -1.76. The minimum atomic E-state index is -4.26. The minimum absolute atomic E-state index is 0.283. The summed E-state index contributed by atoms with van der Waals surface area (Å²) in [7, 11) is 0. The molecule has 0 fully saturated rings. The third kappa shape index (κ3) is 4.73. The molecule has 0 aliphatic carbocycles. The maximum atomic E-state index is 11.8. The first-order chi connectivity index (χ1) is 7.92. The Kier molecular flexibility index (Phi) is 4.33. The summed E-state index contributed by atoms with van der Waals surface area (Å²) in [6.45, 7) is -0.431. The van der Waals surface area contributed by atoms with E-state index in [1.54, 1.807) is 12.1 Å². The number of alkyl halides is 3. The van der Waals surface area contributed by atoms with E-state index in [0.717, 1.165) is 0 Å². The van der Waals surface area contributed by atoms with Crippen molar-refractivity contribution in [1.29, 1.82) is 0 Å². The van der Waals surface area contributed by atoms with Crippen LogP contribution in [0.25, 0.3) is 0 Å². The van der Waals surface area contributed by atoms with Gasteiger partial charge in [0.25, 0.3) is 5.91 Å². The molecule has 0 radical (unpaired) electrons. The number of amides is 1. The van der Waals surface area contributed by atoms with Crippen LogP contribution in [0.2, 0.25) is 0 Å². The van der Waals surface area contributed by atoms with E-state index in [9.17, 15) is 18.0 Å². The third-order valence-electron chi connectivity index (χ3n) is 2.01. The lowest BCUT2D eigenvalue weighted by Gasteiger charge is -2.08. The highest BCUT2D eigenvalue weighted by Crippen LogP contribution is 2.18. The molecular formula is C10H12F3N3O. The average Bonchev–Trinajstić information content (AvgIpc) is 2.27. The van der Waals surface area contributed by atoms with Gasteiger partial charge in [0.15, 0.2) is 0 Å². The van der Waals surface area contributed by atoms with Crippen molar-refractivity contribution in [2.24, 2.45) is 5.84 Å². The topological polar surface area (TPSA) is 67.1 Å². The number of rotatable bonds is 4. The zero-order valence-electron chi connectivity index (χ0n) is 8.84. The first-order valence-electron chi connectivity index (χ1n) is 4.84. The van der Waals surface area contributed by atoms with Crippen LogP contribution in [-0.4, -0.2) is 18.6 Å². The Balaban J connectivity index is 2.47. The molecular weight excluding hydrogens is 235 g/mol.